The van der Waals surface area contributed by atoms with E-state index in [1.165, 1.54) is 0 Å². The maximum atomic E-state index is 11.4. The number of nitrogens with one attached hydrogen (secondary N) is 1. The lowest BCUT2D eigenvalue weighted by atomic mass is 10.1. The van der Waals surface area contributed by atoms with Gasteiger partial charge < -0.3 is 5.11 Å². The largest absolute Gasteiger partial charge is 0.480 e. The van der Waals surface area contributed by atoms with Gasteiger partial charge in [-0.15, -0.1) is 0 Å². The first-order valence-electron chi connectivity index (χ1n) is 4.70. The molecule has 0 aliphatic rings. The Morgan fingerprint density at radius 1 is 1.35 bits per heavy atom. The number of aliphatic carboxylic acids is 1. The Morgan fingerprint density at radius 2 is 1.82 bits per heavy atom. The number of aryl methyl sites for hydroxylation is 2. The normalized spacial score (nSPS) is 11.2. The van der Waals surface area contributed by atoms with Gasteiger partial charge in [0.1, 0.15) is 0 Å². The summed E-state index contributed by atoms with van der Waals surface area (Å²) in [7, 11) is -3.85. The van der Waals surface area contributed by atoms with Gasteiger partial charge in [0.25, 0.3) is 0 Å². The van der Waals surface area contributed by atoms with Gasteiger partial charge in [0, 0.05) is 10.2 Å². The Balaban J connectivity index is 3.01. The molecule has 1 aromatic rings. The fourth-order valence-electron chi connectivity index (χ4n) is 1.38. The van der Waals surface area contributed by atoms with E-state index in [1.807, 2.05) is 13.8 Å². The van der Waals surface area contributed by atoms with Gasteiger partial charge in [0.15, 0.2) is 5.75 Å². The second-order valence-electron chi connectivity index (χ2n) is 3.68. The molecule has 0 atom stereocenters. The molecule has 17 heavy (non-hydrogen) atoms. The summed E-state index contributed by atoms with van der Waals surface area (Å²) in [4.78, 5) is 10.4. The highest BCUT2D eigenvalue weighted by molar-refractivity contribution is 9.10. The molecule has 1 rings (SSSR count). The molecule has 5 nitrogen and oxygen atoms in total. The number of benzene rings is 1. The number of hydrogen-bond donors (Lipinski definition) is 2. The Kier molecular flexibility index (Phi) is 4.16. The highest BCUT2D eigenvalue weighted by atomic mass is 79.9. The molecule has 0 saturated carbocycles. The van der Waals surface area contributed by atoms with Crippen LogP contribution in [0.25, 0.3) is 0 Å². The molecule has 0 radical (unpaired) electrons. The van der Waals surface area contributed by atoms with E-state index in [0.717, 1.165) is 15.6 Å². The third-order valence-electron chi connectivity index (χ3n) is 2.02. The van der Waals surface area contributed by atoms with E-state index in [0.29, 0.717) is 5.69 Å². The molecular formula is C10H12BrNO4S. The van der Waals surface area contributed by atoms with Crippen LogP contribution in [0.15, 0.2) is 16.6 Å². The maximum Gasteiger partial charge on any atom is 0.320 e. The minimum Gasteiger partial charge on any atom is -0.480 e. The standard InChI is InChI=1S/C10H12BrNO4S/c1-6-3-8(4-7(2)10(6)11)12-17(15,16)5-9(13)14/h3-4,12H,5H2,1-2H3,(H,13,14). The fraction of sp³-hybridized carbons (Fsp3) is 0.300. The molecule has 0 amide bonds. The molecular weight excluding hydrogens is 310 g/mol. The van der Waals surface area contributed by atoms with E-state index in [1.54, 1.807) is 12.1 Å². The zero-order valence-electron chi connectivity index (χ0n) is 9.32. The summed E-state index contributed by atoms with van der Waals surface area (Å²) in [6, 6.07) is 3.27. The molecule has 94 valence electrons. The zero-order chi connectivity index (χ0) is 13.2. The van der Waals surface area contributed by atoms with E-state index >= 15 is 0 Å². The zero-order valence-corrected chi connectivity index (χ0v) is 11.7. The van der Waals surface area contributed by atoms with Gasteiger partial charge in [-0.05, 0) is 37.1 Å². The summed E-state index contributed by atoms with van der Waals surface area (Å²) >= 11 is 3.36. The van der Waals surface area contributed by atoms with Crippen LogP contribution in [0.2, 0.25) is 0 Å². The number of carbonyl (C=O) groups is 1. The average Bonchev–Trinajstić information content (AvgIpc) is 2.10. The van der Waals surface area contributed by atoms with Crippen LogP contribution in [-0.4, -0.2) is 25.2 Å². The summed E-state index contributed by atoms with van der Waals surface area (Å²) in [6.07, 6.45) is 0. The van der Waals surface area contributed by atoms with E-state index in [9.17, 15) is 13.2 Å². The van der Waals surface area contributed by atoms with E-state index in [2.05, 4.69) is 20.7 Å². The predicted octanol–water partition coefficient (Wildman–Crippen LogP) is 1.89. The minimum absolute atomic E-state index is 0.365. The Labute approximate surface area is 108 Å². The average molecular weight is 322 g/mol. The monoisotopic (exact) mass is 321 g/mol. The first-order chi connectivity index (χ1) is 7.71. The summed E-state index contributed by atoms with van der Waals surface area (Å²) in [5, 5.41) is 8.45. The van der Waals surface area contributed by atoms with Crippen LogP contribution in [-0.2, 0) is 14.8 Å². The molecule has 0 spiro atoms. The fourth-order valence-corrected chi connectivity index (χ4v) is 2.49. The van der Waals surface area contributed by atoms with Gasteiger partial charge in [0.2, 0.25) is 10.0 Å². The summed E-state index contributed by atoms with van der Waals surface area (Å²) < 4.78 is 26.0. The molecule has 0 heterocycles. The van der Waals surface area contributed by atoms with Crippen LogP contribution in [0.3, 0.4) is 0 Å². The van der Waals surface area contributed by atoms with Crippen molar-refractivity contribution in [1.82, 2.24) is 0 Å². The van der Waals surface area contributed by atoms with Gasteiger partial charge in [-0.1, -0.05) is 15.9 Å². The number of rotatable bonds is 4. The van der Waals surface area contributed by atoms with Crippen LogP contribution in [0.1, 0.15) is 11.1 Å². The lowest BCUT2D eigenvalue weighted by Gasteiger charge is -2.10. The highest BCUT2D eigenvalue weighted by Crippen LogP contribution is 2.25. The quantitative estimate of drug-likeness (QED) is 0.887. The molecule has 7 heteroatoms. The van der Waals surface area contributed by atoms with Crippen molar-refractivity contribution in [3.05, 3.63) is 27.7 Å². The smallest absolute Gasteiger partial charge is 0.320 e. The number of hydrogen-bond acceptors (Lipinski definition) is 3. The SMILES string of the molecule is Cc1cc(NS(=O)(=O)CC(=O)O)cc(C)c1Br. The van der Waals surface area contributed by atoms with Crippen molar-refractivity contribution >= 4 is 37.6 Å². The number of carboxylic acids is 1. The molecule has 0 aliphatic heterocycles. The Hall–Kier alpha value is -1.08. The lowest BCUT2D eigenvalue weighted by molar-refractivity contribution is -0.134. The first kappa shape index (κ1) is 14.0. The van der Waals surface area contributed by atoms with Gasteiger partial charge in [0.05, 0.1) is 0 Å². The van der Waals surface area contributed by atoms with Gasteiger partial charge in [-0.3, -0.25) is 9.52 Å². The van der Waals surface area contributed by atoms with Crippen LogP contribution in [0, 0.1) is 13.8 Å². The third kappa shape index (κ3) is 4.01. The maximum absolute atomic E-state index is 11.4. The second kappa shape index (κ2) is 5.05. The summed E-state index contributed by atoms with van der Waals surface area (Å²) in [5.41, 5.74) is 2.11. The van der Waals surface area contributed by atoms with Gasteiger partial charge in [-0.25, -0.2) is 8.42 Å². The minimum atomic E-state index is -3.85. The van der Waals surface area contributed by atoms with Crippen molar-refractivity contribution < 1.29 is 18.3 Å². The lowest BCUT2D eigenvalue weighted by Crippen LogP contribution is -2.22. The van der Waals surface area contributed by atoms with Crippen LogP contribution >= 0.6 is 15.9 Å². The molecule has 0 aromatic heterocycles. The van der Waals surface area contributed by atoms with Crippen molar-refractivity contribution in [2.75, 3.05) is 10.5 Å². The highest BCUT2D eigenvalue weighted by Gasteiger charge is 2.16. The molecule has 0 unspecified atom stereocenters. The van der Waals surface area contributed by atoms with Crippen molar-refractivity contribution in [3.63, 3.8) is 0 Å². The van der Waals surface area contributed by atoms with Crippen LogP contribution in [0.4, 0.5) is 5.69 Å². The molecule has 2 N–H and O–H groups in total. The van der Waals surface area contributed by atoms with Crippen molar-refractivity contribution in [3.8, 4) is 0 Å². The third-order valence-corrected chi connectivity index (χ3v) is 4.45. The first-order valence-corrected chi connectivity index (χ1v) is 7.15. The van der Waals surface area contributed by atoms with E-state index in [-0.39, 0.29) is 0 Å². The predicted molar refractivity (Wildman–Crippen MR) is 68.7 cm³/mol. The van der Waals surface area contributed by atoms with Crippen LogP contribution in [0.5, 0.6) is 0 Å². The van der Waals surface area contributed by atoms with Crippen molar-refractivity contribution in [1.29, 1.82) is 0 Å². The number of carboxylic acid groups (broad SMARTS) is 1. The molecule has 0 aliphatic carbocycles. The van der Waals surface area contributed by atoms with Gasteiger partial charge in [-0.2, -0.15) is 0 Å². The summed E-state index contributed by atoms with van der Waals surface area (Å²) in [6.45, 7) is 3.65. The number of sulfonamides is 1. The number of anilines is 1. The van der Waals surface area contributed by atoms with E-state index < -0.39 is 21.7 Å². The second-order valence-corrected chi connectivity index (χ2v) is 6.19. The molecule has 0 fully saturated rings. The summed E-state index contributed by atoms with van der Waals surface area (Å²) in [5.74, 6) is -2.33. The number of halogens is 1. The molecule has 0 bridgehead atoms. The van der Waals surface area contributed by atoms with Crippen molar-refractivity contribution in [2.24, 2.45) is 0 Å². The topological polar surface area (TPSA) is 83.5 Å². The molecule has 1 aromatic carbocycles. The molecule has 0 saturated heterocycles. The Morgan fingerprint density at radius 3 is 2.24 bits per heavy atom. The van der Waals surface area contributed by atoms with Crippen LogP contribution < -0.4 is 4.72 Å². The Bertz CT molecular complexity index is 530. The van der Waals surface area contributed by atoms with Gasteiger partial charge >= 0.3 is 5.97 Å². The van der Waals surface area contributed by atoms with E-state index in [4.69, 9.17) is 5.11 Å². The van der Waals surface area contributed by atoms with Crippen molar-refractivity contribution in [2.45, 2.75) is 13.8 Å².